The van der Waals surface area contributed by atoms with Crippen molar-refractivity contribution in [2.45, 2.75) is 20.3 Å². The van der Waals surface area contributed by atoms with Crippen LogP contribution in [-0.4, -0.2) is 28.7 Å². The van der Waals surface area contributed by atoms with Gasteiger partial charge in [0.05, 0.1) is 11.6 Å². The molecule has 1 aromatic heterocycles. The Bertz CT molecular complexity index is 937. The standard InChI is InChI=1S/C20H20N2O4/c1-12-18(13(2)26-22-12)19(23)21-11-16(20(24)25)10-15-8-5-7-14-6-3-4-9-17(14)15/h3-9,16H,10-11H2,1-2H3,(H,21,23)(H,24,25). The van der Waals surface area contributed by atoms with Gasteiger partial charge >= 0.3 is 5.97 Å². The predicted molar refractivity (Wildman–Crippen MR) is 97.1 cm³/mol. The summed E-state index contributed by atoms with van der Waals surface area (Å²) in [6, 6.07) is 13.7. The topological polar surface area (TPSA) is 92.4 Å². The zero-order valence-electron chi connectivity index (χ0n) is 14.7. The van der Waals surface area contributed by atoms with Gasteiger partial charge in [0.2, 0.25) is 0 Å². The monoisotopic (exact) mass is 352 g/mol. The van der Waals surface area contributed by atoms with E-state index in [9.17, 15) is 14.7 Å². The minimum absolute atomic E-state index is 0.0292. The fraction of sp³-hybridized carbons (Fsp3) is 0.250. The first kappa shape index (κ1) is 17.7. The maximum atomic E-state index is 12.3. The number of aryl methyl sites for hydroxylation is 2. The Labute approximate surface area is 150 Å². The van der Waals surface area contributed by atoms with Crippen LogP contribution < -0.4 is 5.32 Å². The zero-order valence-corrected chi connectivity index (χ0v) is 14.7. The molecule has 6 nitrogen and oxygen atoms in total. The number of carbonyl (C=O) groups is 2. The molecule has 0 saturated carbocycles. The van der Waals surface area contributed by atoms with Crippen LogP contribution in [0.1, 0.15) is 27.4 Å². The number of aromatic nitrogens is 1. The van der Waals surface area contributed by atoms with E-state index in [4.69, 9.17) is 4.52 Å². The molecule has 0 saturated heterocycles. The number of hydrogen-bond acceptors (Lipinski definition) is 4. The SMILES string of the molecule is Cc1noc(C)c1C(=O)NCC(Cc1cccc2ccccc12)C(=O)O. The molecule has 1 atom stereocenters. The third-order valence-corrected chi connectivity index (χ3v) is 4.46. The second-order valence-electron chi connectivity index (χ2n) is 6.29. The second kappa shape index (κ2) is 7.39. The number of aliphatic carboxylic acids is 1. The minimum atomic E-state index is -0.947. The van der Waals surface area contributed by atoms with Crippen LogP contribution in [0.2, 0.25) is 0 Å². The molecule has 0 aliphatic rings. The fourth-order valence-corrected chi connectivity index (χ4v) is 3.09. The lowest BCUT2D eigenvalue weighted by molar-refractivity contribution is -0.141. The Morgan fingerprint density at radius 3 is 2.58 bits per heavy atom. The summed E-state index contributed by atoms with van der Waals surface area (Å²) in [4.78, 5) is 24.0. The van der Waals surface area contributed by atoms with Crippen molar-refractivity contribution in [2.75, 3.05) is 6.54 Å². The Morgan fingerprint density at radius 1 is 1.15 bits per heavy atom. The largest absolute Gasteiger partial charge is 0.481 e. The number of amides is 1. The zero-order chi connectivity index (χ0) is 18.7. The number of carboxylic acids is 1. The Morgan fingerprint density at radius 2 is 1.88 bits per heavy atom. The van der Waals surface area contributed by atoms with Crippen molar-refractivity contribution in [3.05, 3.63) is 65.0 Å². The van der Waals surface area contributed by atoms with Crippen LogP contribution in [0.5, 0.6) is 0 Å². The fourth-order valence-electron chi connectivity index (χ4n) is 3.09. The average molecular weight is 352 g/mol. The Balaban J connectivity index is 1.76. The van der Waals surface area contributed by atoms with Gasteiger partial charge in [-0.05, 0) is 36.6 Å². The Hall–Kier alpha value is -3.15. The van der Waals surface area contributed by atoms with Crippen LogP contribution in [0.25, 0.3) is 10.8 Å². The van der Waals surface area contributed by atoms with Gasteiger partial charge in [-0.1, -0.05) is 47.6 Å². The first-order chi connectivity index (χ1) is 12.5. The molecule has 1 amide bonds. The van der Waals surface area contributed by atoms with E-state index in [0.29, 0.717) is 23.4 Å². The van der Waals surface area contributed by atoms with Gasteiger partial charge in [0.1, 0.15) is 11.3 Å². The molecule has 26 heavy (non-hydrogen) atoms. The molecule has 2 aromatic carbocycles. The maximum absolute atomic E-state index is 12.3. The highest BCUT2D eigenvalue weighted by atomic mass is 16.5. The molecule has 0 spiro atoms. The number of nitrogens with zero attached hydrogens (tertiary/aromatic N) is 1. The molecule has 1 unspecified atom stereocenters. The molecule has 134 valence electrons. The third kappa shape index (κ3) is 3.59. The van der Waals surface area contributed by atoms with E-state index in [1.807, 2.05) is 42.5 Å². The first-order valence-corrected chi connectivity index (χ1v) is 8.38. The molecule has 0 bridgehead atoms. The summed E-state index contributed by atoms with van der Waals surface area (Å²) in [6.45, 7) is 3.36. The predicted octanol–water partition coefficient (Wildman–Crippen LogP) is 3.12. The number of hydrogen-bond donors (Lipinski definition) is 2. The van der Waals surface area contributed by atoms with Gasteiger partial charge in [-0.2, -0.15) is 0 Å². The van der Waals surface area contributed by atoms with Crippen LogP contribution in [-0.2, 0) is 11.2 Å². The van der Waals surface area contributed by atoms with Gasteiger partial charge in [-0.25, -0.2) is 0 Å². The summed E-state index contributed by atoms with van der Waals surface area (Å²) in [5, 5.41) is 18.1. The molecule has 0 aliphatic carbocycles. The quantitative estimate of drug-likeness (QED) is 0.711. The number of fused-ring (bicyclic) bond motifs is 1. The van der Waals surface area contributed by atoms with E-state index in [-0.39, 0.29) is 12.5 Å². The third-order valence-electron chi connectivity index (χ3n) is 4.46. The van der Waals surface area contributed by atoms with Crippen LogP contribution in [0.15, 0.2) is 47.0 Å². The molecule has 0 aliphatic heterocycles. The van der Waals surface area contributed by atoms with Crippen LogP contribution in [0, 0.1) is 19.8 Å². The number of carboxylic acid groups (broad SMARTS) is 1. The molecular weight excluding hydrogens is 332 g/mol. The molecule has 6 heteroatoms. The van der Waals surface area contributed by atoms with Gasteiger partial charge in [-0.3, -0.25) is 9.59 Å². The summed E-state index contributed by atoms with van der Waals surface area (Å²) >= 11 is 0. The van der Waals surface area contributed by atoms with Gasteiger partial charge in [0.25, 0.3) is 5.91 Å². The summed E-state index contributed by atoms with van der Waals surface area (Å²) in [6.07, 6.45) is 0.332. The lowest BCUT2D eigenvalue weighted by Crippen LogP contribution is -2.34. The van der Waals surface area contributed by atoms with Crippen molar-refractivity contribution in [2.24, 2.45) is 5.92 Å². The van der Waals surface area contributed by atoms with Crippen LogP contribution in [0.4, 0.5) is 0 Å². The smallest absolute Gasteiger partial charge is 0.308 e. The lowest BCUT2D eigenvalue weighted by Gasteiger charge is -2.15. The number of benzene rings is 2. The molecule has 3 aromatic rings. The minimum Gasteiger partial charge on any atom is -0.481 e. The van der Waals surface area contributed by atoms with Crippen molar-refractivity contribution in [3.8, 4) is 0 Å². The molecule has 2 N–H and O–H groups in total. The van der Waals surface area contributed by atoms with E-state index in [2.05, 4.69) is 10.5 Å². The van der Waals surface area contributed by atoms with Crippen molar-refractivity contribution >= 4 is 22.6 Å². The Kier molecular flexibility index (Phi) is 5.02. The molecular formula is C20H20N2O4. The van der Waals surface area contributed by atoms with E-state index in [0.717, 1.165) is 16.3 Å². The normalized spacial score (nSPS) is 12.1. The van der Waals surface area contributed by atoms with E-state index in [1.54, 1.807) is 13.8 Å². The second-order valence-corrected chi connectivity index (χ2v) is 6.29. The highest BCUT2D eigenvalue weighted by Gasteiger charge is 2.23. The van der Waals surface area contributed by atoms with E-state index >= 15 is 0 Å². The highest BCUT2D eigenvalue weighted by molar-refractivity contribution is 5.96. The van der Waals surface area contributed by atoms with Crippen molar-refractivity contribution < 1.29 is 19.2 Å². The average Bonchev–Trinajstić information content (AvgIpc) is 2.96. The van der Waals surface area contributed by atoms with Gasteiger partial charge in [0.15, 0.2) is 0 Å². The summed E-state index contributed by atoms with van der Waals surface area (Å²) in [5.41, 5.74) is 1.79. The lowest BCUT2D eigenvalue weighted by atomic mass is 9.94. The summed E-state index contributed by atoms with van der Waals surface area (Å²) in [7, 11) is 0. The number of carbonyl (C=O) groups excluding carboxylic acids is 1. The maximum Gasteiger partial charge on any atom is 0.308 e. The van der Waals surface area contributed by atoms with Crippen LogP contribution >= 0.6 is 0 Å². The van der Waals surface area contributed by atoms with E-state index in [1.165, 1.54) is 0 Å². The van der Waals surface area contributed by atoms with E-state index < -0.39 is 11.9 Å². The van der Waals surface area contributed by atoms with Crippen molar-refractivity contribution in [3.63, 3.8) is 0 Å². The molecule has 1 heterocycles. The van der Waals surface area contributed by atoms with Gasteiger partial charge in [-0.15, -0.1) is 0 Å². The first-order valence-electron chi connectivity index (χ1n) is 8.38. The number of rotatable bonds is 6. The van der Waals surface area contributed by atoms with Gasteiger partial charge < -0.3 is 14.9 Å². The van der Waals surface area contributed by atoms with Crippen molar-refractivity contribution in [1.82, 2.24) is 10.5 Å². The van der Waals surface area contributed by atoms with Crippen molar-refractivity contribution in [1.29, 1.82) is 0 Å². The molecule has 0 radical (unpaired) electrons. The van der Waals surface area contributed by atoms with Gasteiger partial charge in [0, 0.05) is 6.54 Å². The molecule has 3 rings (SSSR count). The van der Waals surface area contributed by atoms with Crippen LogP contribution in [0.3, 0.4) is 0 Å². The summed E-state index contributed by atoms with van der Waals surface area (Å²) in [5.74, 6) is -1.63. The number of nitrogens with one attached hydrogen (secondary N) is 1. The highest BCUT2D eigenvalue weighted by Crippen LogP contribution is 2.21. The summed E-state index contributed by atoms with van der Waals surface area (Å²) < 4.78 is 4.99. The molecule has 0 fully saturated rings.